The molecule has 3 rings (SSSR count). The summed E-state index contributed by atoms with van der Waals surface area (Å²) in [6.45, 7) is 0.949. The number of hydrogen-bond acceptors (Lipinski definition) is 5. The van der Waals surface area contributed by atoms with Gasteiger partial charge in [-0.2, -0.15) is 4.98 Å². The fourth-order valence-corrected chi connectivity index (χ4v) is 1.89. The summed E-state index contributed by atoms with van der Waals surface area (Å²) >= 11 is 0. The van der Waals surface area contributed by atoms with Crippen molar-refractivity contribution in [1.29, 1.82) is 0 Å². The molecule has 0 saturated carbocycles. The number of oxazole rings is 1. The lowest BCUT2D eigenvalue weighted by molar-refractivity contribution is 0.525. The second-order valence-corrected chi connectivity index (χ2v) is 3.62. The first kappa shape index (κ1) is 8.46. The number of nitrogens with two attached hydrogens (primary N) is 1. The highest BCUT2D eigenvalue weighted by Crippen LogP contribution is 2.22. The molecule has 78 valence electrons. The van der Waals surface area contributed by atoms with Gasteiger partial charge in [-0.15, -0.1) is 10.2 Å². The Labute approximate surface area is 86.1 Å². The van der Waals surface area contributed by atoms with Crippen molar-refractivity contribution in [1.82, 2.24) is 19.7 Å². The molecule has 15 heavy (non-hydrogen) atoms. The number of anilines is 1. The normalized spacial score (nSPS) is 15.2. The third-order valence-electron chi connectivity index (χ3n) is 2.61. The van der Waals surface area contributed by atoms with E-state index in [2.05, 4.69) is 19.7 Å². The van der Waals surface area contributed by atoms with E-state index in [9.17, 15) is 0 Å². The van der Waals surface area contributed by atoms with Crippen LogP contribution in [0.25, 0.3) is 11.5 Å². The van der Waals surface area contributed by atoms with Crippen LogP contribution in [0.3, 0.4) is 0 Å². The van der Waals surface area contributed by atoms with Crippen molar-refractivity contribution >= 4 is 6.01 Å². The van der Waals surface area contributed by atoms with Crippen LogP contribution in [0, 0.1) is 0 Å². The molecular weight excluding hydrogens is 194 g/mol. The van der Waals surface area contributed by atoms with Gasteiger partial charge in [0, 0.05) is 13.0 Å². The van der Waals surface area contributed by atoms with Gasteiger partial charge in [-0.05, 0) is 12.8 Å². The molecule has 0 aromatic carbocycles. The molecule has 1 aliphatic rings. The maximum Gasteiger partial charge on any atom is 0.292 e. The van der Waals surface area contributed by atoms with Crippen molar-refractivity contribution in [2.75, 3.05) is 5.73 Å². The van der Waals surface area contributed by atoms with E-state index >= 15 is 0 Å². The van der Waals surface area contributed by atoms with E-state index in [0.717, 1.165) is 31.0 Å². The van der Waals surface area contributed by atoms with Crippen molar-refractivity contribution in [3.05, 3.63) is 12.1 Å². The molecule has 0 radical (unpaired) electrons. The summed E-state index contributed by atoms with van der Waals surface area (Å²) in [6, 6.07) is 0.165. The van der Waals surface area contributed by atoms with Gasteiger partial charge >= 0.3 is 0 Å². The zero-order valence-corrected chi connectivity index (χ0v) is 8.18. The lowest BCUT2D eigenvalue weighted by atomic mass is 10.1. The number of nitrogen functional groups attached to an aromatic ring is 1. The van der Waals surface area contributed by atoms with Gasteiger partial charge < -0.3 is 14.7 Å². The van der Waals surface area contributed by atoms with Crippen molar-refractivity contribution in [3.63, 3.8) is 0 Å². The Balaban J connectivity index is 2.08. The first-order valence-corrected chi connectivity index (χ1v) is 4.98. The van der Waals surface area contributed by atoms with E-state index in [1.807, 2.05) is 0 Å². The minimum atomic E-state index is 0.165. The van der Waals surface area contributed by atoms with Gasteiger partial charge in [0.2, 0.25) is 0 Å². The average Bonchev–Trinajstić information content (AvgIpc) is 2.83. The standard InChI is InChI=1S/C9H11N5O/c10-9-11-6(5-15-9)8-13-12-7-3-1-2-4-14(7)8/h5H,1-4H2,(H2,10,11). The summed E-state index contributed by atoms with van der Waals surface area (Å²) < 4.78 is 7.05. The van der Waals surface area contributed by atoms with Gasteiger partial charge in [0.15, 0.2) is 5.82 Å². The topological polar surface area (TPSA) is 82.8 Å². The fraction of sp³-hybridized carbons (Fsp3) is 0.444. The van der Waals surface area contributed by atoms with Crippen LogP contribution in [0.4, 0.5) is 6.01 Å². The van der Waals surface area contributed by atoms with Gasteiger partial charge in [0.25, 0.3) is 6.01 Å². The molecule has 0 saturated heterocycles. The summed E-state index contributed by atoms with van der Waals surface area (Å²) in [6.07, 6.45) is 4.84. The average molecular weight is 205 g/mol. The Morgan fingerprint density at radius 2 is 2.27 bits per heavy atom. The minimum Gasteiger partial charge on any atom is -0.432 e. The molecule has 2 aromatic heterocycles. The van der Waals surface area contributed by atoms with Crippen LogP contribution in [-0.4, -0.2) is 19.7 Å². The second-order valence-electron chi connectivity index (χ2n) is 3.62. The zero-order valence-electron chi connectivity index (χ0n) is 8.18. The summed E-state index contributed by atoms with van der Waals surface area (Å²) in [5.41, 5.74) is 6.09. The molecule has 0 aliphatic carbocycles. The third kappa shape index (κ3) is 1.29. The Kier molecular flexibility index (Phi) is 1.74. The quantitative estimate of drug-likeness (QED) is 0.746. The van der Waals surface area contributed by atoms with E-state index in [-0.39, 0.29) is 6.01 Å². The fourth-order valence-electron chi connectivity index (χ4n) is 1.89. The second kappa shape index (κ2) is 3.08. The van der Waals surface area contributed by atoms with Crippen molar-refractivity contribution in [3.8, 4) is 11.5 Å². The summed E-state index contributed by atoms with van der Waals surface area (Å²) in [5, 5.41) is 8.25. The molecule has 0 amide bonds. The molecule has 0 spiro atoms. The van der Waals surface area contributed by atoms with E-state index in [4.69, 9.17) is 10.2 Å². The molecule has 3 heterocycles. The first-order chi connectivity index (χ1) is 7.34. The summed E-state index contributed by atoms with van der Waals surface area (Å²) in [4.78, 5) is 4.05. The van der Waals surface area contributed by atoms with Crippen molar-refractivity contribution in [2.24, 2.45) is 0 Å². The summed E-state index contributed by atoms with van der Waals surface area (Å²) in [5.74, 6) is 1.78. The number of rotatable bonds is 1. The highest BCUT2D eigenvalue weighted by molar-refractivity contribution is 5.49. The van der Waals surface area contributed by atoms with Crippen LogP contribution in [-0.2, 0) is 13.0 Å². The molecule has 2 N–H and O–H groups in total. The molecule has 0 atom stereocenters. The molecule has 1 aliphatic heterocycles. The molecule has 0 unspecified atom stereocenters. The van der Waals surface area contributed by atoms with Crippen LogP contribution in [0.15, 0.2) is 10.7 Å². The SMILES string of the molecule is Nc1nc(-c2nnc3n2CCCC3)co1. The monoisotopic (exact) mass is 205 g/mol. The van der Waals surface area contributed by atoms with Gasteiger partial charge in [-0.25, -0.2) is 0 Å². The van der Waals surface area contributed by atoms with Gasteiger partial charge in [-0.1, -0.05) is 0 Å². The Morgan fingerprint density at radius 3 is 3.07 bits per heavy atom. The van der Waals surface area contributed by atoms with Crippen LogP contribution in [0.2, 0.25) is 0 Å². The molecule has 6 heteroatoms. The number of hydrogen-bond donors (Lipinski definition) is 1. The third-order valence-corrected chi connectivity index (χ3v) is 2.61. The van der Waals surface area contributed by atoms with E-state index < -0.39 is 0 Å². The van der Waals surface area contributed by atoms with E-state index in [1.54, 1.807) is 0 Å². The maximum absolute atomic E-state index is 5.43. The van der Waals surface area contributed by atoms with E-state index in [0.29, 0.717) is 5.69 Å². The highest BCUT2D eigenvalue weighted by atomic mass is 16.4. The molecular formula is C9H11N5O. The smallest absolute Gasteiger partial charge is 0.292 e. The summed E-state index contributed by atoms with van der Waals surface area (Å²) in [7, 11) is 0. The van der Waals surface area contributed by atoms with Crippen LogP contribution >= 0.6 is 0 Å². The minimum absolute atomic E-state index is 0.165. The predicted octanol–water partition coefficient (Wildman–Crippen LogP) is 0.852. The molecule has 2 aromatic rings. The largest absolute Gasteiger partial charge is 0.432 e. The first-order valence-electron chi connectivity index (χ1n) is 4.98. The van der Waals surface area contributed by atoms with Gasteiger partial charge in [0.05, 0.1) is 0 Å². The van der Waals surface area contributed by atoms with Crippen LogP contribution in [0.1, 0.15) is 18.7 Å². The zero-order chi connectivity index (χ0) is 10.3. The molecule has 6 nitrogen and oxygen atoms in total. The van der Waals surface area contributed by atoms with Crippen LogP contribution < -0.4 is 5.73 Å². The van der Waals surface area contributed by atoms with Crippen LogP contribution in [0.5, 0.6) is 0 Å². The molecule has 0 fully saturated rings. The Hall–Kier alpha value is -1.85. The lowest BCUT2D eigenvalue weighted by Gasteiger charge is -2.13. The maximum atomic E-state index is 5.43. The Morgan fingerprint density at radius 1 is 1.33 bits per heavy atom. The number of fused-ring (bicyclic) bond motifs is 1. The van der Waals surface area contributed by atoms with Gasteiger partial charge in [-0.3, -0.25) is 0 Å². The predicted molar refractivity (Wildman–Crippen MR) is 52.9 cm³/mol. The molecule has 0 bridgehead atoms. The Bertz CT molecular complexity index is 486. The lowest BCUT2D eigenvalue weighted by Crippen LogP contribution is -2.11. The number of aryl methyl sites for hydroxylation is 1. The number of nitrogens with zero attached hydrogens (tertiary/aromatic N) is 4. The van der Waals surface area contributed by atoms with Gasteiger partial charge in [0.1, 0.15) is 17.8 Å². The highest BCUT2D eigenvalue weighted by Gasteiger charge is 2.18. The van der Waals surface area contributed by atoms with E-state index in [1.165, 1.54) is 12.7 Å². The number of aromatic nitrogens is 4. The van der Waals surface area contributed by atoms with Crippen molar-refractivity contribution in [2.45, 2.75) is 25.8 Å². The van der Waals surface area contributed by atoms with Crippen molar-refractivity contribution < 1.29 is 4.42 Å².